The number of hydrogen-bond acceptors (Lipinski definition) is 4. The van der Waals surface area contributed by atoms with E-state index in [4.69, 9.17) is 4.74 Å². The molecule has 0 saturated carbocycles. The van der Waals surface area contributed by atoms with Crippen LogP contribution in [0.1, 0.15) is 10.5 Å². The van der Waals surface area contributed by atoms with Gasteiger partial charge in [0.1, 0.15) is 17.3 Å². The number of methoxy groups -OCH3 is 1. The van der Waals surface area contributed by atoms with E-state index in [9.17, 15) is 9.18 Å². The molecule has 0 atom stereocenters. The molecule has 2 aromatic heterocycles. The summed E-state index contributed by atoms with van der Waals surface area (Å²) in [6.07, 6.45) is 0. The number of aromatic nitrogens is 4. The van der Waals surface area contributed by atoms with Gasteiger partial charge in [0.2, 0.25) is 0 Å². The lowest BCUT2D eigenvalue weighted by molar-refractivity contribution is 0.102. The number of aromatic amines is 2. The normalized spacial score (nSPS) is 10.8. The Kier molecular flexibility index (Phi) is 3.85. The van der Waals surface area contributed by atoms with E-state index in [1.54, 1.807) is 25.3 Å². The van der Waals surface area contributed by atoms with Crippen LogP contribution in [-0.2, 0) is 0 Å². The number of anilines is 1. The van der Waals surface area contributed by atoms with E-state index in [0.29, 0.717) is 17.0 Å². The predicted octanol–water partition coefficient (Wildman–Crippen LogP) is 3.35. The molecule has 0 aliphatic rings. The highest BCUT2D eigenvalue weighted by atomic mass is 19.1. The zero-order valence-corrected chi connectivity index (χ0v) is 13.7. The first kappa shape index (κ1) is 15.8. The Bertz CT molecular complexity index is 1100. The first-order valence-electron chi connectivity index (χ1n) is 7.80. The Hall–Kier alpha value is -3.68. The molecule has 0 spiro atoms. The van der Waals surface area contributed by atoms with Gasteiger partial charge >= 0.3 is 0 Å². The number of carbonyl (C=O) groups excluding carboxylic acids is 1. The smallest absolute Gasteiger partial charge is 0.274 e. The van der Waals surface area contributed by atoms with Gasteiger partial charge in [-0.25, -0.2) is 4.39 Å². The fourth-order valence-electron chi connectivity index (χ4n) is 2.73. The van der Waals surface area contributed by atoms with Crippen molar-refractivity contribution in [1.82, 2.24) is 20.4 Å². The summed E-state index contributed by atoms with van der Waals surface area (Å²) < 4.78 is 19.3. The van der Waals surface area contributed by atoms with Crippen molar-refractivity contribution in [3.8, 4) is 17.0 Å². The molecule has 2 heterocycles. The Morgan fingerprint density at radius 1 is 1.12 bits per heavy atom. The maximum Gasteiger partial charge on any atom is 0.274 e. The largest absolute Gasteiger partial charge is 0.496 e. The summed E-state index contributed by atoms with van der Waals surface area (Å²) in [5.41, 5.74) is 2.03. The molecule has 26 heavy (non-hydrogen) atoms. The number of nitrogens with one attached hydrogen (secondary N) is 3. The van der Waals surface area contributed by atoms with E-state index in [1.807, 2.05) is 24.3 Å². The predicted molar refractivity (Wildman–Crippen MR) is 94.6 cm³/mol. The second-order valence-corrected chi connectivity index (χ2v) is 5.56. The third kappa shape index (κ3) is 2.67. The standard InChI is InChI=1S/C18H14FN5O2/c1-26-15-8-3-2-5-10(15)13-9-14(23-22-13)18(25)20-17-16-11(19)6-4-7-12(16)21-24-17/h2-9H,1H3,(H,22,23)(H2,20,21,24,25). The fraction of sp³-hybridized carbons (Fsp3) is 0.0556. The molecule has 1 amide bonds. The SMILES string of the molecule is COc1ccccc1-c1cc(C(=O)Nc2n[nH]c3cccc(F)c23)[nH]n1. The number of benzene rings is 2. The summed E-state index contributed by atoms with van der Waals surface area (Å²) in [4.78, 5) is 12.5. The van der Waals surface area contributed by atoms with Gasteiger partial charge in [0, 0.05) is 5.56 Å². The van der Waals surface area contributed by atoms with Crippen LogP contribution in [-0.4, -0.2) is 33.4 Å². The van der Waals surface area contributed by atoms with E-state index in [0.717, 1.165) is 5.56 Å². The number of para-hydroxylation sites is 1. The van der Waals surface area contributed by atoms with E-state index in [2.05, 4.69) is 25.7 Å². The maximum absolute atomic E-state index is 14.0. The van der Waals surface area contributed by atoms with Gasteiger partial charge in [-0.1, -0.05) is 18.2 Å². The van der Waals surface area contributed by atoms with Crippen molar-refractivity contribution in [2.75, 3.05) is 12.4 Å². The first-order valence-corrected chi connectivity index (χ1v) is 7.80. The van der Waals surface area contributed by atoms with Crippen LogP contribution in [0.2, 0.25) is 0 Å². The molecule has 130 valence electrons. The van der Waals surface area contributed by atoms with Crippen LogP contribution in [0.5, 0.6) is 5.75 Å². The molecule has 2 aromatic carbocycles. The van der Waals surface area contributed by atoms with Gasteiger partial charge in [0.05, 0.1) is 23.7 Å². The number of fused-ring (bicyclic) bond motifs is 1. The molecule has 3 N–H and O–H groups in total. The van der Waals surface area contributed by atoms with E-state index >= 15 is 0 Å². The van der Waals surface area contributed by atoms with Crippen LogP contribution in [0.15, 0.2) is 48.5 Å². The first-order chi connectivity index (χ1) is 12.7. The van der Waals surface area contributed by atoms with Crippen molar-refractivity contribution in [1.29, 1.82) is 0 Å². The number of carbonyl (C=O) groups is 1. The van der Waals surface area contributed by atoms with Crippen molar-refractivity contribution in [2.45, 2.75) is 0 Å². The van der Waals surface area contributed by atoms with Crippen LogP contribution >= 0.6 is 0 Å². The van der Waals surface area contributed by atoms with Gasteiger partial charge < -0.3 is 10.1 Å². The molecular weight excluding hydrogens is 337 g/mol. The van der Waals surface area contributed by atoms with Crippen molar-refractivity contribution in [2.24, 2.45) is 0 Å². The molecular formula is C18H14FN5O2. The molecule has 0 unspecified atom stereocenters. The van der Waals surface area contributed by atoms with Gasteiger partial charge in [-0.3, -0.25) is 15.0 Å². The molecule has 0 bridgehead atoms. The van der Waals surface area contributed by atoms with Gasteiger partial charge in [-0.2, -0.15) is 10.2 Å². The third-order valence-corrected chi connectivity index (χ3v) is 3.98. The lowest BCUT2D eigenvalue weighted by atomic mass is 10.1. The van der Waals surface area contributed by atoms with Gasteiger partial charge in [-0.15, -0.1) is 0 Å². The van der Waals surface area contributed by atoms with Gasteiger partial charge in [-0.05, 0) is 30.3 Å². The molecule has 8 heteroatoms. The Labute approximate surface area is 147 Å². The molecule has 4 rings (SSSR count). The molecule has 7 nitrogen and oxygen atoms in total. The van der Waals surface area contributed by atoms with E-state index < -0.39 is 11.7 Å². The minimum absolute atomic E-state index is 0.122. The summed E-state index contributed by atoms with van der Waals surface area (Å²) in [5, 5.41) is 16.3. The molecule has 0 radical (unpaired) electrons. The Morgan fingerprint density at radius 2 is 1.96 bits per heavy atom. The highest BCUT2D eigenvalue weighted by molar-refractivity contribution is 6.07. The zero-order valence-electron chi connectivity index (χ0n) is 13.7. The number of rotatable bonds is 4. The van der Waals surface area contributed by atoms with Crippen molar-refractivity contribution < 1.29 is 13.9 Å². The minimum Gasteiger partial charge on any atom is -0.496 e. The van der Waals surface area contributed by atoms with Crippen molar-refractivity contribution in [3.05, 3.63) is 60.0 Å². The zero-order chi connectivity index (χ0) is 18.1. The highest BCUT2D eigenvalue weighted by Gasteiger charge is 2.17. The van der Waals surface area contributed by atoms with E-state index in [1.165, 1.54) is 6.07 Å². The molecule has 0 fully saturated rings. The average Bonchev–Trinajstić information content (AvgIpc) is 3.30. The number of ether oxygens (including phenoxy) is 1. The van der Waals surface area contributed by atoms with Crippen LogP contribution in [0.4, 0.5) is 10.2 Å². The topological polar surface area (TPSA) is 95.7 Å². The Morgan fingerprint density at radius 3 is 2.81 bits per heavy atom. The molecule has 4 aromatic rings. The monoisotopic (exact) mass is 351 g/mol. The average molecular weight is 351 g/mol. The number of amides is 1. The molecule has 0 aliphatic carbocycles. The highest BCUT2D eigenvalue weighted by Crippen LogP contribution is 2.29. The van der Waals surface area contributed by atoms with Gasteiger partial charge in [0.25, 0.3) is 5.91 Å². The maximum atomic E-state index is 14.0. The minimum atomic E-state index is -0.477. The number of H-pyrrole nitrogens is 2. The number of nitrogens with zero attached hydrogens (tertiary/aromatic N) is 2. The second-order valence-electron chi connectivity index (χ2n) is 5.56. The Balaban J connectivity index is 1.62. The number of hydrogen-bond donors (Lipinski definition) is 3. The number of halogens is 1. The summed E-state index contributed by atoms with van der Waals surface area (Å²) in [6.45, 7) is 0. The van der Waals surface area contributed by atoms with Crippen LogP contribution in [0.3, 0.4) is 0 Å². The third-order valence-electron chi connectivity index (χ3n) is 3.98. The fourth-order valence-corrected chi connectivity index (χ4v) is 2.73. The van der Waals surface area contributed by atoms with Gasteiger partial charge in [0.15, 0.2) is 5.82 Å². The quantitative estimate of drug-likeness (QED) is 0.525. The molecule has 0 aliphatic heterocycles. The summed E-state index contributed by atoms with van der Waals surface area (Å²) in [7, 11) is 1.57. The summed E-state index contributed by atoms with van der Waals surface area (Å²) >= 11 is 0. The van der Waals surface area contributed by atoms with Crippen LogP contribution < -0.4 is 10.1 Å². The van der Waals surface area contributed by atoms with Crippen LogP contribution in [0, 0.1) is 5.82 Å². The lowest BCUT2D eigenvalue weighted by Gasteiger charge is -2.04. The van der Waals surface area contributed by atoms with E-state index in [-0.39, 0.29) is 16.9 Å². The van der Waals surface area contributed by atoms with Crippen LogP contribution in [0.25, 0.3) is 22.2 Å². The van der Waals surface area contributed by atoms with Crippen molar-refractivity contribution >= 4 is 22.6 Å². The summed E-state index contributed by atoms with van der Waals surface area (Å²) in [6, 6.07) is 13.5. The summed E-state index contributed by atoms with van der Waals surface area (Å²) in [5.74, 6) is -0.177. The molecule has 0 saturated heterocycles. The lowest BCUT2D eigenvalue weighted by Crippen LogP contribution is -2.13. The second kappa shape index (κ2) is 6.32. The van der Waals surface area contributed by atoms with Crippen molar-refractivity contribution in [3.63, 3.8) is 0 Å².